The molecule has 2 rings (SSSR count). The Kier molecular flexibility index (Phi) is 4.07. The molecule has 1 aliphatic rings. The number of rotatable bonds is 3. The van der Waals surface area contributed by atoms with E-state index in [0.29, 0.717) is 0 Å². The lowest BCUT2D eigenvalue weighted by Gasteiger charge is -2.22. The van der Waals surface area contributed by atoms with Crippen LogP contribution in [0.15, 0.2) is 6.07 Å². The zero-order valence-corrected chi connectivity index (χ0v) is 11.8. The molecule has 1 aliphatic heterocycles. The van der Waals surface area contributed by atoms with Gasteiger partial charge >= 0.3 is 0 Å². The molecule has 0 bridgehead atoms. The monoisotopic (exact) mass is 251 g/mol. The highest BCUT2D eigenvalue weighted by molar-refractivity contribution is 5.10. The third kappa shape index (κ3) is 3.33. The van der Waals surface area contributed by atoms with Gasteiger partial charge in [-0.1, -0.05) is 6.92 Å². The Morgan fingerprint density at radius 2 is 2.17 bits per heavy atom. The van der Waals surface area contributed by atoms with Crippen molar-refractivity contribution in [1.82, 2.24) is 14.7 Å². The second kappa shape index (κ2) is 5.41. The Balaban J connectivity index is 1.98. The van der Waals surface area contributed by atoms with Gasteiger partial charge in [-0.3, -0.25) is 9.58 Å². The third-order valence-corrected chi connectivity index (χ3v) is 3.93. The molecule has 1 N–H and O–H groups in total. The fraction of sp³-hybridized carbons (Fsp3) is 0.786. The fourth-order valence-electron chi connectivity index (χ4n) is 2.60. The highest BCUT2D eigenvalue weighted by Gasteiger charge is 2.25. The molecule has 0 amide bonds. The molecule has 18 heavy (non-hydrogen) atoms. The predicted octanol–water partition coefficient (Wildman–Crippen LogP) is 1.72. The van der Waals surface area contributed by atoms with Gasteiger partial charge in [0.2, 0.25) is 0 Å². The SMILES string of the molecule is CCc1cc(CN2CCCC(C)(O)CC2)n(C)n1. The van der Waals surface area contributed by atoms with E-state index in [1.54, 1.807) is 0 Å². The zero-order chi connectivity index (χ0) is 13.2. The maximum atomic E-state index is 10.1. The minimum Gasteiger partial charge on any atom is -0.390 e. The number of aliphatic hydroxyl groups is 1. The molecule has 1 saturated heterocycles. The zero-order valence-electron chi connectivity index (χ0n) is 11.8. The van der Waals surface area contributed by atoms with Gasteiger partial charge in [0.1, 0.15) is 0 Å². The highest BCUT2D eigenvalue weighted by Crippen LogP contribution is 2.22. The van der Waals surface area contributed by atoms with E-state index in [9.17, 15) is 5.11 Å². The van der Waals surface area contributed by atoms with Crippen molar-refractivity contribution in [2.75, 3.05) is 13.1 Å². The molecule has 0 spiro atoms. The van der Waals surface area contributed by atoms with Crippen LogP contribution in [0, 0.1) is 0 Å². The van der Waals surface area contributed by atoms with E-state index in [1.165, 1.54) is 5.69 Å². The van der Waals surface area contributed by atoms with Gasteiger partial charge in [0.25, 0.3) is 0 Å². The molecule has 1 unspecified atom stereocenters. The summed E-state index contributed by atoms with van der Waals surface area (Å²) in [7, 11) is 2.02. The molecule has 4 heteroatoms. The average Bonchev–Trinajstić information content (AvgIpc) is 2.57. The second-order valence-electron chi connectivity index (χ2n) is 5.73. The number of aryl methyl sites for hydroxylation is 2. The van der Waals surface area contributed by atoms with Gasteiger partial charge in [0, 0.05) is 20.1 Å². The number of nitrogens with zero attached hydrogens (tertiary/aromatic N) is 3. The summed E-state index contributed by atoms with van der Waals surface area (Å²) in [6.07, 6.45) is 3.84. The third-order valence-electron chi connectivity index (χ3n) is 3.93. The van der Waals surface area contributed by atoms with Gasteiger partial charge in [-0.05, 0) is 45.2 Å². The van der Waals surface area contributed by atoms with Crippen LogP contribution in [-0.2, 0) is 20.0 Å². The van der Waals surface area contributed by atoms with E-state index >= 15 is 0 Å². The first-order valence-electron chi connectivity index (χ1n) is 6.97. The van der Waals surface area contributed by atoms with Gasteiger partial charge < -0.3 is 5.11 Å². The molecule has 0 radical (unpaired) electrons. The van der Waals surface area contributed by atoms with Gasteiger partial charge in [-0.2, -0.15) is 5.10 Å². The molecular weight excluding hydrogens is 226 g/mol. The van der Waals surface area contributed by atoms with E-state index in [-0.39, 0.29) is 0 Å². The summed E-state index contributed by atoms with van der Waals surface area (Å²) in [5.41, 5.74) is 1.96. The summed E-state index contributed by atoms with van der Waals surface area (Å²) < 4.78 is 1.99. The lowest BCUT2D eigenvalue weighted by molar-refractivity contribution is 0.0443. The molecule has 1 atom stereocenters. The summed E-state index contributed by atoms with van der Waals surface area (Å²) in [4.78, 5) is 2.43. The molecule has 0 saturated carbocycles. The van der Waals surface area contributed by atoms with Gasteiger partial charge in [0.05, 0.1) is 17.0 Å². The fourth-order valence-corrected chi connectivity index (χ4v) is 2.60. The first-order chi connectivity index (χ1) is 8.50. The molecule has 1 aromatic rings. The van der Waals surface area contributed by atoms with E-state index < -0.39 is 5.60 Å². The molecule has 1 fully saturated rings. The summed E-state index contributed by atoms with van der Waals surface area (Å²) in [5.74, 6) is 0. The van der Waals surface area contributed by atoms with Crippen molar-refractivity contribution in [2.24, 2.45) is 7.05 Å². The van der Waals surface area contributed by atoms with Crippen LogP contribution in [-0.4, -0.2) is 38.5 Å². The highest BCUT2D eigenvalue weighted by atomic mass is 16.3. The van der Waals surface area contributed by atoms with Crippen molar-refractivity contribution in [3.63, 3.8) is 0 Å². The molecule has 1 aromatic heterocycles. The van der Waals surface area contributed by atoms with Gasteiger partial charge in [-0.15, -0.1) is 0 Å². The van der Waals surface area contributed by atoms with Crippen LogP contribution in [0.25, 0.3) is 0 Å². The van der Waals surface area contributed by atoms with Crippen molar-refractivity contribution in [3.8, 4) is 0 Å². The normalized spacial score (nSPS) is 26.2. The van der Waals surface area contributed by atoms with Gasteiger partial charge in [-0.25, -0.2) is 0 Å². The van der Waals surface area contributed by atoms with E-state index in [0.717, 1.165) is 51.0 Å². The average molecular weight is 251 g/mol. The van der Waals surface area contributed by atoms with Crippen molar-refractivity contribution < 1.29 is 5.11 Å². The molecule has 4 nitrogen and oxygen atoms in total. The van der Waals surface area contributed by atoms with E-state index in [1.807, 2.05) is 18.7 Å². The van der Waals surface area contributed by atoms with Crippen LogP contribution < -0.4 is 0 Å². The van der Waals surface area contributed by atoms with Gasteiger partial charge in [0.15, 0.2) is 0 Å². The van der Waals surface area contributed by atoms with Crippen LogP contribution >= 0.6 is 0 Å². The second-order valence-corrected chi connectivity index (χ2v) is 5.73. The molecule has 2 heterocycles. The maximum Gasteiger partial charge on any atom is 0.0632 e. The standard InChI is InChI=1S/C14H25N3O/c1-4-12-10-13(16(3)15-12)11-17-8-5-6-14(2,18)7-9-17/h10,18H,4-9,11H2,1-3H3. The topological polar surface area (TPSA) is 41.3 Å². The Hall–Kier alpha value is -0.870. The largest absolute Gasteiger partial charge is 0.390 e. The Morgan fingerprint density at radius 3 is 2.83 bits per heavy atom. The van der Waals surface area contributed by atoms with Crippen LogP contribution in [0.2, 0.25) is 0 Å². The molecule has 0 aliphatic carbocycles. The lowest BCUT2D eigenvalue weighted by atomic mass is 9.98. The quantitative estimate of drug-likeness (QED) is 0.889. The molecular formula is C14H25N3O. The van der Waals surface area contributed by atoms with Crippen LogP contribution in [0.4, 0.5) is 0 Å². The molecule has 102 valence electrons. The van der Waals surface area contributed by atoms with Crippen molar-refractivity contribution in [3.05, 3.63) is 17.5 Å². The summed E-state index contributed by atoms with van der Waals surface area (Å²) >= 11 is 0. The number of likely N-dealkylation sites (tertiary alicyclic amines) is 1. The number of hydrogen-bond donors (Lipinski definition) is 1. The smallest absolute Gasteiger partial charge is 0.0632 e. The van der Waals surface area contributed by atoms with E-state index in [2.05, 4.69) is 23.0 Å². The Morgan fingerprint density at radius 1 is 1.39 bits per heavy atom. The number of aromatic nitrogens is 2. The summed E-state index contributed by atoms with van der Waals surface area (Å²) in [5, 5.41) is 14.6. The summed E-state index contributed by atoms with van der Waals surface area (Å²) in [6, 6.07) is 2.20. The predicted molar refractivity (Wildman–Crippen MR) is 72.3 cm³/mol. The Labute approximate surface area is 110 Å². The van der Waals surface area contributed by atoms with Crippen LogP contribution in [0.3, 0.4) is 0 Å². The van der Waals surface area contributed by atoms with Crippen LogP contribution in [0.1, 0.15) is 44.5 Å². The summed E-state index contributed by atoms with van der Waals surface area (Å²) in [6.45, 7) is 7.08. The minimum atomic E-state index is -0.476. The number of hydrogen-bond acceptors (Lipinski definition) is 3. The Bertz CT molecular complexity index is 398. The van der Waals surface area contributed by atoms with Crippen molar-refractivity contribution in [1.29, 1.82) is 0 Å². The maximum absolute atomic E-state index is 10.1. The van der Waals surface area contributed by atoms with Crippen molar-refractivity contribution >= 4 is 0 Å². The van der Waals surface area contributed by atoms with Crippen molar-refractivity contribution in [2.45, 2.75) is 51.7 Å². The van der Waals surface area contributed by atoms with Crippen LogP contribution in [0.5, 0.6) is 0 Å². The van der Waals surface area contributed by atoms with E-state index in [4.69, 9.17) is 0 Å². The lowest BCUT2D eigenvalue weighted by Crippen LogP contribution is -2.28. The minimum absolute atomic E-state index is 0.476. The molecule has 0 aromatic carbocycles. The first-order valence-corrected chi connectivity index (χ1v) is 6.97. The first kappa shape index (κ1) is 13.6.